The summed E-state index contributed by atoms with van der Waals surface area (Å²) in [6.07, 6.45) is 2.11. The summed E-state index contributed by atoms with van der Waals surface area (Å²) in [5, 5.41) is 20.7. The first-order valence-electron chi connectivity index (χ1n) is 8.01. The minimum Gasteiger partial charge on any atom is -0.481 e. The highest BCUT2D eigenvalue weighted by atomic mass is 16.5. The Morgan fingerprint density at radius 1 is 1.12 bits per heavy atom. The van der Waals surface area contributed by atoms with E-state index in [4.69, 9.17) is 10.3 Å². The second-order valence-electron chi connectivity index (χ2n) is 6.09. The molecule has 24 heavy (non-hydrogen) atoms. The molecule has 1 aliphatic carbocycles. The molecule has 0 spiro atoms. The Hall–Kier alpha value is -2.41. The third kappa shape index (κ3) is 4.55. The lowest BCUT2D eigenvalue weighted by molar-refractivity contribution is -0.146. The van der Waals surface area contributed by atoms with Crippen molar-refractivity contribution in [3.63, 3.8) is 0 Å². The smallest absolute Gasteiger partial charge is 0.307 e. The average Bonchev–Trinajstić information content (AvgIpc) is 3.08. The Balaban J connectivity index is 1.96. The van der Waals surface area contributed by atoms with Gasteiger partial charge in [0.25, 0.3) is 0 Å². The summed E-state index contributed by atoms with van der Waals surface area (Å²) in [5.74, 6) is -3.74. The third-order valence-corrected chi connectivity index (χ3v) is 4.50. The number of hydrogen-bond acceptors (Lipinski definition) is 4. The molecule has 7 heteroatoms. The standard InChI is InChI=1S/C17H22N2O5/c20-15(19-24)12(9-11-5-2-1-3-6-11)10-18-16(21)13-7-4-8-14(13)17(22)23/h1-3,5-6,12-14,24H,4,7-10H2,(H,18,21)(H,19,20)(H,22,23)/t12?,13-,14+/m1/s1. The topological polar surface area (TPSA) is 116 Å². The van der Waals surface area contributed by atoms with Crippen molar-refractivity contribution in [2.45, 2.75) is 25.7 Å². The van der Waals surface area contributed by atoms with Crippen molar-refractivity contribution in [3.8, 4) is 0 Å². The molecule has 1 aliphatic rings. The highest BCUT2D eigenvalue weighted by molar-refractivity contribution is 5.86. The lowest BCUT2D eigenvalue weighted by Crippen LogP contribution is -2.42. The number of carbonyl (C=O) groups is 3. The molecule has 3 atom stereocenters. The van der Waals surface area contributed by atoms with E-state index in [-0.39, 0.29) is 12.5 Å². The number of rotatable bonds is 7. The normalized spacial score (nSPS) is 21.0. The van der Waals surface area contributed by atoms with Crippen molar-refractivity contribution in [2.24, 2.45) is 17.8 Å². The maximum absolute atomic E-state index is 12.3. The van der Waals surface area contributed by atoms with E-state index in [0.29, 0.717) is 25.7 Å². The molecule has 130 valence electrons. The summed E-state index contributed by atoms with van der Waals surface area (Å²) >= 11 is 0. The maximum Gasteiger partial charge on any atom is 0.307 e. The highest BCUT2D eigenvalue weighted by Gasteiger charge is 2.37. The van der Waals surface area contributed by atoms with Crippen molar-refractivity contribution >= 4 is 17.8 Å². The molecule has 1 unspecified atom stereocenters. The fourth-order valence-electron chi connectivity index (χ4n) is 3.17. The number of carbonyl (C=O) groups excluding carboxylic acids is 2. The van der Waals surface area contributed by atoms with Gasteiger partial charge in [-0.15, -0.1) is 0 Å². The fourth-order valence-corrected chi connectivity index (χ4v) is 3.17. The van der Waals surface area contributed by atoms with Gasteiger partial charge in [-0.05, 0) is 24.8 Å². The average molecular weight is 334 g/mol. The van der Waals surface area contributed by atoms with Crippen LogP contribution in [0.25, 0.3) is 0 Å². The molecule has 1 fully saturated rings. The number of carboxylic acid groups (broad SMARTS) is 1. The first kappa shape index (κ1) is 17.9. The van der Waals surface area contributed by atoms with Crippen molar-refractivity contribution in [2.75, 3.05) is 6.54 Å². The molecule has 0 bridgehead atoms. The van der Waals surface area contributed by atoms with Crippen LogP contribution in [-0.2, 0) is 20.8 Å². The molecule has 0 aliphatic heterocycles. The van der Waals surface area contributed by atoms with E-state index in [1.54, 1.807) is 5.48 Å². The summed E-state index contributed by atoms with van der Waals surface area (Å²) < 4.78 is 0. The van der Waals surface area contributed by atoms with Gasteiger partial charge in [-0.25, -0.2) is 5.48 Å². The van der Waals surface area contributed by atoms with Crippen LogP contribution in [0.15, 0.2) is 30.3 Å². The molecule has 0 radical (unpaired) electrons. The Kier molecular flexibility index (Phi) is 6.31. The molecule has 4 N–H and O–H groups in total. The van der Waals surface area contributed by atoms with Crippen molar-refractivity contribution in [1.82, 2.24) is 10.8 Å². The van der Waals surface area contributed by atoms with Gasteiger partial charge in [0.15, 0.2) is 0 Å². The van der Waals surface area contributed by atoms with Gasteiger partial charge in [0, 0.05) is 6.54 Å². The summed E-state index contributed by atoms with van der Waals surface area (Å²) in [5.41, 5.74) is 2.53. The molecule has 2 amide bonds. The Labute approximate surface area is 140 Å². The van der Waals surface area contributed by atoms with Gasteiger partial charge in [0.1, 0.15) is 0 Å². The summed E-state index contributed by atoms with van der Waals surface area (Å²) in [6.45, 7) is 0.0446. The summed E-state index contributed by atoms with van der Waals surface area (Å²) in [7, 11) is 0. The SMILES string of the molecule is O=C(NO)C(CNC(=O)[C@@H]1CCC[C@@H]1C(=O)O)Cc1ccccc1. The number of carboxylic acids is 1. The number of amides is 2. The van der Waals surface area contributed by atoms with Crippen LogP contribution in [0.4, 0.5) is 0 Å². The van der Waals surface area contributed by atoms with E-state index in [0.717, 1.165) is 5.56 Å². The van der Waals surface area contributed by atoms with Crippen molar-refractivity contribution < 1.29 is 24.7 Å². The van der Waals surface area contributed by atoms with Crippen LogP contribution in [0.3, 0.4) is 0 Å². The minimum absolute atomic E-state index is 0.0446. The van der Waals surface area contributed by atoms with Crippen LogP contribution in [0.2, 0.25) is 0 Å². The van der Waals surface area contributed by atoms with Crippen molar-refractivity contribution in [1.29, 1.82) is 0 Å². The molecule has 1 aromatic carbocycles. The zero-order chi connectivity index (χ0) is 17.5. The monoisotopic (exact) mass is 334 g/mol. The molecule has 1 aromatic rings. The Bertz CT molecular complexity index is 590. The third-order valence-electron chi connectivity index (χ3n) is 4.50. The van der Waals surface area contributed by atoms with Gasteiger partial charge in [0.05, 0.1) is 17.8 Å². The zero-order valence-electron chi connectivity index (χ0n) is 13.3. The van der Waals surface area contributed by atoms with Crippen LogP contribution < -0.4 is 10.8 Å². The lowest BCUT2D eigenvalue weighted by Gasteiger charge is -2.19. The molecular formula is C17H22N2O5. The van der Waals surface area contributed by atoms with E-state index in [9.17, 15) is 14.4 Å². The molecule has 0 heterocycles. The maximum atomic E-state index is 12.3. The predicted octanol–water partition coefficient (Wildman–Crippen LogP) is 0.968. The Morgan fingerprint density at radius 3 is 2.42 bits per heavy atom. The summed E-state index contributed by atoms with van der Waals surface area (Å²) in [4.78, 5) is 35.2. The number of aliphatic carboxylic acids is 1. The van der Waals surface area contributed by atoms with E-state index in [1.165, 1.54) is 0 Å². The van der Waals surface area contributed by atoms with Gasteiger partial charge in [0.2, 0.25) is 11.8 Å². The largest absolute Gasteiger partial charge is 0.481 e. The van der Waals surface area contributed by atoms with Crippen LogP contribution in [0.5, 0.6) is 0 Å². The van der Waals surface area contributed by atoms with Crippen molar-refractivity contribution in [3.05, 3.63) is 35.9 Å². The van der Waals surface area contributed by atoms with Gasteiger partial charge >= 0.3 is 5.97 Å². The quantitative estimate of drug-likeness (QED) is 0.438. The Morgan fingerprint density at radius 2 is 1.79 bits per heavy atom. The molecule has 0 aromatic heterocycles. The highest BCUT2D eigenvalue weighted by Crippen LogP contribution is 2.32. The molecule has 7 nitrogen and oxygen atoms in total. The fraction of sp³-hybridized carbons (Fsp3) is 0.471. The molecular weight excluding hydrogens is 312 g/mol. The minimum atomic E-state index is -0.957. The molecule has 2 rings (SSSR count). The van der Waals surface area contributed by atoms with E-state index in [2.05, 4.69) is 5.32 Å². The number of benzene rings is 1. The van der Waals surface area contributed by atoms with E-state index in [1.807, 2.05) is 30.3 Å². The second kappa shape index (κ2) is 8.44. The van der Waals surface area contributed by atoms with E-state index < -0.39 is 29.6 Å². The van der Waals surface area contributed by atoms with Gasteiger partial charge in [-0.1, -0.05) is 36.8 Å². The van der Waals surface area contributed by atoms with Crippen LogP contribution in [-0.4, -0.2) is 34.6 Å². The number of hydroxylamine groups is 1. The van der Waals surface area contributed by atoms with E-state index >= 15 is 0 Å². The zero-order valence-corrected chi connectivity index (χ0v) is 13.3. The van der Waals surface area contributed by atoms with Gasteiger partial charge in [-0.2, -0.15) is 0 Å². The number of nitrogens with one attached hydrogen (secondary N) is 2. The first-order chi connectivity index (χ1) is 11.5. The molecule has 0 saturated heterocycles. The summed E-state index contributed by atoms with van der Waals surface area (Å²) in [6, 6.07) is 9.27. The second-order valence-corrected chi connectivity index (χ2v) is 6.09. The first-order valence-corrected chi connectivity index (χ1v) is 8.01. The van der Waals surface area contributed by atoms with Gasteiger partial charge in [-0.3, -0.25) is 19.6 Å². The van der Waals surface area contributed by atoms with Crippen LogP contribution in [0.1, 0.15) is 24.8 Å². The number of hydrogen-bond donors (Lipinski definition) is 4. The lowest BCUT2D eigenvalue weighted by atomic mass is 9.94. The molecule has 1 saturated carbocycles. The predicted molar refractivity (Wildman–Crippen MR) is 85.0 cm³/mol. The van der Waals surface area contributed by atoms with Crippen LogP contribution in [0, 0.1) is 17.8 Å². The van der Waals surface area contributed by atoms with Crippen LogP contribution >= 0.6 is 0 Å². The van der Waals surface area contributed by atoms with Gasteiger partial charge < -0.3 is 10.4 Å².